The molecule has 42 valence electrons. The molecule has 0 spiro atoms. The molecule has 0 rings (SSSR count). The van der Waals surface area contributed by atoms with Gasteiger partial charge < -0.3 is 11.5 Å². The number of hydrogen-bond donors (Lipinski definition) is 2. The Morgan fingerprint density at radius 2 is 1.57 bits per heavy atom. The van der Waals surface area contributed by atoms with Gasteiger partial charge in [0, 0.05) is 0 Å². The summed E-state index contributed by atoms with van der Waals surface area (Å²) < 4.78 is 0. The maximum absolute atomic E-state index is 4.93. The third-order valence-electron chi connectivity index (χ3n) is 0.333. The van der Waals surface area contributed by atoms with Crippen molar-refractivity contribution in [3.63, 3.8) is 0 Å². The largest absolute Gasteiger partial charge is 0.386 e. The Bertz CT molecular complexity index is 53.1. The van der Waals surface area contributed by atoms with E-state index in [4.69, 9.17) is 11.5 Å². The van der Waals surface area contributed by atoms with Crippen LogP contribution < -0.4 is 11.5 Å². The van der Waals surface area contributed by atoms with E-state index in [9.17, 15) is 0 Å². The van der Waals surface area contributed by atoms with Crippen LogP contribution in [-0.2, 0) is 0 Å². The normalized spacial score (nSPS) is 5.29. The molecule has 0 aliphatic heterocycles. The van der Waals surface area contributed by atoms with Crippen molar-refractivity contribution in [2.45, 2.75) is 6.92 Å². The van der Waals surface area contributed by atoms with Gasteiger partial charge in [-0.2, -0.15) is 0 Å². The molecule has 0 aromatic rings. The van der Waals surface area contributed by atoms with E-state index in [1.807, 2.05) is 0 Å². The molecule has 0 heterocycles. The average molecular weight is 100 g/mol. The van der Waals surface area contributed by atoms with Gasteiger partial charge in [-0.05, 0) is 13.0 Å². The third kappa shape index (κ3) is 41.3. The highest BCUT2D eigenvalue weighted by atomic mass is 14.8. The molecule has 0 radical (unpaired) electrons. The van der Waals surface area contributed by atoms with Crippen molar-refractivity contribution in [2.75, 3.05) is 0 Å². The highest BCUT2D eigenvalue weighted by Gasteiger charge is 1.59. The highest BCUT2D eigenvalue weighted by molar-refractivity contribution is 4.84. The lowest BCUT2D eigenvalue weighted by Gasteiger charge is -1.78. The quantitative estimate of drug-likeness (QED) is 0.437. The first kappa shape index (κ1) is 9.43. The Balaban J connectivity index is 0. The summed E-state index contributed by atoms with van der Waals surface area (Å²) in [7, 11) is 0. The lowest BCUT2D eigenvalue weighted by molar-refractivity contribution is 1.23. The third-order valence-corrected chi connectivity index (χ3v) is 0.333. The summed E-state index contributed by atoms with van der Waals surface area (Å²) in [5, 5.41) is 0. The monoisotopic (exact) mass is 100 g/mol. The maximum atomic E-state index is 4.93. The topological polar surface area (TPSA) is 52.0 Å². The summed E-state index contributed by atoms with van der Waals surface area (Å²) >= 11 is 0. The molecule has 0 atom stereocenters. The Morgan fingerprint density at radius 3 is 1.57 bits per heavy atom. The zero-order valence-electron chi connectivity index (χ0n) is 4.65. The van der Waals surface area contributed by atoms with Gasteiger partial charge in [0.15, 0.2) is 0 Å². The molecule has 0 amide bonds. The predicted molar refractivity (Wildman–Crippen MR) is 33.4 cm³/mol. The van der Waals surface area contributed by atoms with Gasteiger partial charge in [0.25, 0.3) is 0 Å². The molecule has 0 fully saturated rings. The molecule has 0 unspecified atom stereocenters. The SMILES string of the molecule is C=C.CC=C(N)N. The van der Waals surface area contributed by atoms with E-state index in [0.717, 1.165) is 0 Å². The van der Waals surface area contributed by atoms with Crippen molar-refractivity contribution in [3.05, 3.63) is 25.1 Å². The predicted octanol–water partition coefficient (Wildman–Crippen LogP) is 0.567. The van der Waals surface area contributed by atoms with Crippen molar-refractivity contribution >= 4 is 0 Å². The van der Waals surface area contributed by atoms with Gasteiger partial charge in [0.05, 0.1) is 5.82 Å². The smallest absolute Gasteiger partial charge is 0.0889 e. The molecule has 0 aliphatic rings. The minimum absolute atomic E-state index is 0.380. The van der Waals surface area contributed by atoms with Crippen LogP contribution in [0.2, 0.25) is 0 Å². The van der Waals surface area contributed by atoms with Crippen LogP contribution in [0.15, 0.2) is 25.1 Å². The van der Waals surface area contributed by atoms with E-state index in [1.165, 1.54) is 0 Å². The van der Waals surface area contributed by atoms with Gasteiger partial charge in [0.1, 0.15) is 0 Å². The van der Waals surface area contributed by atoms with Crippen LogP contribution in [0, 0.1) is 0 Å². The van der Waals surface area contributed by atoms with Gasteiger partial charge in [-0.3, -0.25) is 0 Å². The summed E-state index contributed by atoms with van der Waals surface area (Å²) in [6.07, 6.45) is 1.64. The zero-order chi connectivity index (χ0) is 6.28. The minimum Gasteiger partial charge on any atom is -0.386 e. The van der Waals surface area contributed by atoms with Crippen LogP contribution >= 0.6 is 0 Å². The fraction of sp³-hybridized carbons (Fsp3) is 0.200. The first-order valence-corrected chi connectivity index (χ1v) is 1.94. The van der Waals surface area contributed by atoms with Crippen molar-refractivity contribution in [3.8, 4) is 0 Å². The molecule has 0 aromatic carbocycles. The lowest BCUT2D eigenvalue weighted by atomic mass is 10.6. The first-order valence-electron chi connectivity index (χ1n) is 1.94. The Labute approximate surface area is 44.5 Å². The number of rotatable bonds is 0. The van der Waals surface area contributed by atoms with Crippen LogP contribution in [0.5, 0.6) is 0 Å². The van der Waals surface area contributed by atoms with Crippen LogP contribution in [-0.4, -0.2) is 0 Å². The molecule has 4 N–H and O–H groups in total. The molecule has 0 saturated carbocycles. The minimum atomic E-state index is 0.380. The zero-order valence-corrected chi connectivity index (χ0v) is 4.65. The second-order valence-corrected chi connectivity index (χ2v) is 0.789. The summed E-state index contributed by atoms with van der Waals surface area (Å²) in [5.74, 6) is 0.380. The second kappa shape index (κ2) is 8.91. The lowest BCUT2D eigenvalue weighted by Crippen LogP contribution is -2.06. The van der Waals surface area contributed by atoms with Gasteiger partial charge >= 0.3 is 0 Å². The van der Waals surface area contributed by atoms with Crippen molar-refractivity contribution in [1.29, 1.82) is 0 Å². The van der Waals surface area contributed by atoms with Gasteiger partial charge in [0.2, 0.25) is 0 Å². The molecule has 2 heteroatoms. The van der Waals surface area contributed by atoms with E-state index in [2.05, 4.69) is 13.2 Å². The van der Waals surface area contributed by atoms with Crippen LogP contribution in [0.3, 0.4) is 0 Å². The van der Waals surface area contributed by atoms with E-state index in [0.29, 0.717) is 5.82 Å². The number of hydrogen-bond acceptors (Lipinski definition) is 2. The Kier molecular flexibility index (Phi) is 12.0. The van der Waals surface area contributed by atoms with E-state index in [-0.39, 0.29) is 0 Å². The fourth-order valence-corrected chi connectivity index (χ4v) is 0. The van der Waals surface area contributed by atoms with Gasteiger partial charge in [-0.25, -0.2) is 0 Å². The van der Waals surface area contributed by atoms with Crippen molar-refractivity contribution in [2.24, 2.45) is 11.5 Å². The number of nitrogens with two attached hydrogens (primary N) is 2. The summed E-state index contributed by atoms with van der Waals surface area (Å²) in [4.78, 5) is 0. The van der Waals surface area contributed by atoms with E-state index < -0.39 is 0 Å². The molecular formula is C5H12N2. The van der Waals surface area contributed by atoms with Crippen LogP contribution in [0.25, 0.3) is 0 Å². The van der Waals surface area contributed by atoms with Gasteiger partial charge in [-0.15, -0.1) is 13.2 Å². The standard InChI is InChI=1S/C3H8N2.C2H4/c1-2-3(4)5;1-2/h2H,4-5H2,1H3;1-2H2. The average Bonchev–Trinajstić information content (AvgIpc) is 1.73. The van der Waals surface area contributed by atoms with Crippen molar-refractivity contribution < 1.29 is 0 Å². The molecule has 0 aliphatic carbocycles. The molecule has 7 heavy (non-hydrogen) atoms. The maximum Gasteiger partial charge on any atom is 0.0889 e. The molecule has 0 bridgehead atoms. The summed E-state index contributed by atoms with van der Waals surface area (Å²) in [6, 6.07) is 0. The second-order valence-electron chi connectivity index (χ2n) is 0.789. The van der Waals surface area contributed by atoms with Gasteiger partial charge in [-0.1, -0.05) is 0 Å². The Hall–Kier alpha value is -0.920. The summed E-state index contributed by atoms with van der Waals surface area (Å²) in [5.41, 5.74) is 9.86. The summed E-state index contributed by atoms with van der Waals surface area (Å²) in [6.45, 7) is 7.79. The van der Waals surface area contributed by atoms with E-state index in [1.54, 1.807) is 13.0 Å². The Morgan fingerprint density at radius 1 is 1.43 bits per heavy atom. The van der Waals surface area contributed by atoms with E-state index >= 15 is 0 Å². The molecule has 0 saturated heterocycles. The first-order chi connectivity index (χ1) is 3.27. The molecular weight excluding hydrogens is 88.1 g/mol. The highest BCUT2D eigenvalue weighted by Crippen LogP contribution is 1.59. The van der Waals surface area contributed by atoms with Crippen LogP contribution in [0.4, 0.5) is 0 Å². The number of allylic oxidation sites excluding steroid dienone is 1. The van der Waals surface area contributed by atoms with Crippen LogP contribution in [0.1, 0.15) is 6.92 Å². The molecule has 0 aromatic heterocycles. The molecule has 2 nitrogen and oxygen atoms in total. The fourth-order valence-electron chi connectivity index (χ4n) is 0. The van der Waals surface area contributed by atoms with Crippen molar-refractivity contribution in [1.82, 2.24) is 0 Å².